The van der Waals surface area contributed by atoms with E-state index >= 15 is 0 Å². The summed E-state index contributed by atoms with van der Waals surface area (Å²) in [6.07, 6.45) is 2.36. The van der Waals surface area contributed by atoms with Crippen LogP contribution in [0.15, 0.2) is 24.0 Å². The molecule has 0 amide bonds. The van der Waals surface area contributed by atoms with Crippen LogP contribution in [0.5, 0.6) is 11.5 Å². The van der Waals surface area contributed by atoms with Gasteiger partial charge < -0.3 is 33.9 Å². The molecule has 5 rings (SSSR count). The lowest BCUT2D eigenvalue weighted by molar-refractivity contribution is -0.178. The van der Waals surface area contributed by atoms with Crippen LogP contribution >= 0.6 is 0 Å². The van der Waals surface area contributed by atoms with Gasteiger partial charge >= 0.3 is 11.9 Å². The van der Waals surface area contributed by atoms with Gasteiger partial charge in [0.2, 0.25) is 6.79 Å². The first-order valence-electron chi connectivity index (χ1n) is 15.0. The van der Waals surface area contributed by atoms with E-state index in [9.17, 15) is 19.8 Å². The Bertz CT molecular complexity index is 1260. The van der Waals surface area contributed by atoms with E-state index in [1.54, 1.807) is 19.9 Å². The lowest BCUT2D eigenvalue weighted by atomic mass is 9.77. The standard InChI is InChI=1S/C29H39NO9/c1-27(2,33)8-5-10-29(34,16-23(31)36-4)26(32)39-25-22(35-3)15-28-9-6-11-30(28)12-7-18-13-20-21(38-17-37-20)14-19(18)24(25)28/h13-15,24-25,33-34H,5-12,16-17H2,1-4H3/t24-,25-,28+,29-/m0/s1/i3+1D3. The summed E-state index contributed by atoms with van der Waals surface area (Å²) >= 11 is 0. The van der Waals surface area contributed by atoms with Gasteiger partial charge in [-0.1, -0.05) is 0 Å². The highest BCUT2D eigenvalue weighted by atomic mass is 16.7. The van der Waals surface area contributed by atoms with Crippen molar-refractivity contribution in [2.75, 3.05) is 34.0 Å². The molecule has 4 aliphatic rings. The maximum Gasteiger partial charge on any atom is 0.339 e. The fraction of sp³-hybridized carbons (Fsp3) is 0.655. The molecule has 1 spiro atoms. The minimum absolute atomic E-state index is 0.0253. The number of benzene rings is 1. The maximum absolute atomic E-state index is 13.9. The van der Waals surface area contributed by atoms with E-state index < -0.39 is 54.2 Å². The summed E-state index contributed by atoms with van der Waals surface area (Å²) in [6.45, 7) is 4.74. The zero-order chi connectivity index (χ0) is 30.5. The summed E-state index contributed by atoms with van der Waals surface area (Å²) in [6, 6.07) is 3.78. The Balaban J connectivity index is 1.55. The first kappa shape index (κ1) is 24.0. The molecule has 0 saturated carbocycles. The molecule has 0 radical (unpaired) electrons. The average Bonchev–Trinajstić information content (AvgIpc) is 3.56. The molecular formula is C29H39NO9. The van der Waals surface area contributed by atoms with Gasteiger partial charge in [0.25, 0.3) is 0 Å². The first-order chi connectivity index (χ1) is 19.6. The Kier molecular flexibility index (Phi) is 6.34. The molecule has 1 fully saturated rings. The van der Waals surface area contributed by atoms with Gasteiger partial charge in [-0.15, -0.1) is 0 Å². The van der Waals surface area contributed by atoms with Gasteiger partial charge in [0, 0.05) is 6.54 Å². The number of aliphatic hydroxyl groups is 2. The highest BCUT2D eigenvalue weighted by Gasteiger charge is 2.59. The number of fused-ring (bicyclic) bond motifs is 3. The average molecular weight is 550 g/mol. The van der Waals surface area contributed by atoms with E-state index in [0.717, 1.165) is 31.2 Å². The molecule has 1 aliphatic carbocycles. The van der Waals surface area contributed by atoms with E-state index in [4.69, 9.17) is 27.8 Å². The SMILES string of the molecule is [2H][13C]([2H])([2H])OC1=C[C@@]23CCCN2CCc2cc4c(cc2[C@H]3[C@H]1OC(=O)[C@](O)(CCCC(C)(C)O)CC(=O)OC)OCO4. The van der Waals surface area contributed by atoms with Crippen LogP contribution < -0.4 is 9.47 Å². The van der Waals surface area contributed by atoms with Crippen LogP contribution in [0.1, 0.15) is 73.5 Å². The summed E-state index contributed by atoms with van der Waals surface area (Å²) in [5.41, 5.74) is -2.26. The summed E-state index contributed by atoms with van der Waals surface area (Å²) in [7, 11) is -1.68. The van der Waals surface area contributed by atoms with Gasteiger partial charge in [0.05, 0.1) is 41.7 Å². The molecule has 214 valence electrons. The highest BCUT2D eigenvalue weighted by Crippen LogP contribution is 2.55. The summed E-state index contributed by atoms with van der Waals surface area (Å²) in [5, 5.41) is 21.7. The molecule has 0 unspecified atom stereocenters. The van der Waals surface area contributed by atoms with Crippen molar-refractivity contribution in [3.63, 3.8) is 0 Å². The third-order valence-electron chi connectivity index (χ3n) is 8.50. The molecule has 10 heteroatoms. The number of rotatable bonds is 9. The number of hydrogen-bond acceptors (Lipinski definition) is 10. The normalized spacial score (nSPS) is 28.4. The molecule has 2 N–H and O–H groups in total. The van der Waals surface area contributed by atoms with Crippen molar-refractivity contribution in [1.29, 1.82) is 0 Å². The third kappa shape index (κ3) is 5.10. The van der Waals surface area contributed by atoms with Crippen molar-refractivity contribution in [1.82, 2.24) is 4.90 Å². The monoisotopic (exact) mass is 549 g/mol. The van der Waals surface area contributed by atoms with Crippen molar-refractivity contribution in [3.8, 4) is 11.5 Å². The molecule has 0 aromatic heterocycles. The van der Waals surface area contributed by atoms with Crippen LogP contribution in [0, 0.1) is 0 Å². The second-order valence-electron chi connectivity index (χ2n) is 11.6. The molecule has 0 bridgehead atoms. The molecule has 3 aliphatic heterocycles. The fourth-order valence-electron chi connectivity index (χ4n) is 6.62. The lowest BCUT2D eigenvalue weighted by Crippen LogP contribution is -2.49. The Morgan fingerprint density at radius 2 is 1.97 bits per heavy atom. The van der Waals surface area contributed by atoms with Crippen LogP contribution in [0.25, 0.3) is 0 Å². The van der Waals surface area contributed by atoms with Crippen LogP contribution in [0.3, 0.4) is 0 Å². The van der Waals surface area contributed by atoms with E-state index in [-0.39, 0.29) is 31.8 Å². The molecule has 3 heterocycles. The zero-order valence-electron chi connectivity index (χ0n) is 25.7. The number of carbonyl (C=O) groups excluding carboxylic acids is 2. The van der Waals surface area contributed by atoms with Gasteiger partial charge in [-0.3, -0.25) is 9.69 Å². The van der Waals surface area contributed by atoms with Crippen molar-refractivity contribution in [2.24, 2.45) is 0 Å². The quantitative estimate of drug-likeness (QED) is 0.351. The van der Waals surface area contributed by atoms with Gasteiger partial charge in [0.1, 0.15) is 5.76 Å². The van der Waals surface area contributed by atoms with Crippen LogP contribution in [0.4, 0.5) is 0 Å². The van der Waals surface area contributed by atoms with Crippen molar-refractivity contribution >= 4 is 11.9 Å². The number of methoxy groups -OCH3 is 2. The molecule has 1 aromatic carbocycles. The highest BCUT2D eigenvalue weighted by molar-refractivity contribution is 5.86. The Morgan fingerprint density at radius 3 is 2.69 bits per heavy atom. The lowest BCUT2D eigenvalue weighted by Gasteiger charge is -2.39. The Labute approximate surface area is 233 Å². The smallest absolute Gasteiger partial charge is 0.339 e. The fourth-order valence-corrected chi connectivity index (χ4v) is 6.62. The van der Waals surface area contributed by atoms with E-state index in [2.05, 4.69) is 4.90 Å². The topological polar surface area (TPSA) is 124 Å². The van der Waals surface area contributed by atoms with Crippen LogP contribution in [-0.2, 0) is 30.2 Å². The van der Waals surface area contributed by atoms with Crippen molar-refractivity contribution in [3.05, 3.63) is 35.1 Å². The van der Waals surface area contributed by atoms with Crippen LogP contribution in [-0.4, -0.2) is 83.9 Å². The predicted octanol–water partition coefficient (Wildman–Crippen LogP) is 2.58. The summed E-state index contributed by atoms with van der Waals surface area (Å²) in [4.78, 5) is 28.4. The van der Waals surface area contributed by atoms with Crippen LogP contribution in [0.2, 0.25) is 0 Å². The summed E-state index contributed by atoms with van der Waals surface area (Å²) in [5.74, 6) is -1.36. The second kappa shape index (κ2) is 10.3. The third-order valence-corrected chi connectivity index (χ3v) is 8.50. The molecule has 1 aromatic rings. The maximum atomic E-state index is 13.9. The van der Waals surface area contributed by atoms with Gasteiger partial charge in [-0.25, -0.2) is 4.79 Å². The number of nitrogens with zero attached hydrogens (tertiary/aromatic N) is 1. The minimum Gasteiger partial charge on any atom is -0.497 e. The molecule has 10 nitrogen and oxygen atoms in total. The first-order valence-corrected chi connectivity index (χ1v) is 13.5. The molecule has 4 atom stereocenters. The number of ether oxygens (including phenoxy) is 5. The molecular weight excluding hydrogens is 507 g/mol. The molecule has 1 saturated heterocycles. The Morgan fingerprint density at radius 1 is 1.21 bits per heavy atom. The van der Waals surface area contributed by atoms with Gasteiger partial charge in [-0.2, -0.15) is 0 Å². The van der Waals surface area contributed by atoms with E-state index in [0.29, 0.717) is 30.9 Å². The number of hydrogen-bond donors (Lipinski definition) is 2. The summed E-state index contributed by atoms with van der Waals surface area (Å²) < 4.78 is 51.1. The second-order valence-corrected chi connectivity index (χ2v) is 11.6. The predicted molar refractivity (Wildman–Crippen MR) is 139 cm³/mol. The molecule has 39 heavy (non-hydrogen) atoms. The Hall–Kier alpha value is -2.82. The largest absolute Gasteiger partial charge is 0.497 e. The van der Waals surface area contributed by atoms with E-state index in [1.165, 1.54) is 0 Å². The van der Waals surface area contributed by atoms with E-state index in [1.807, 2.05) is 12.1 Å². The minimum atomic E-state index is -2.83. The number of carbonyl (C=O) groups is 2. The van der Waals surface area contributed by atoms with Crippen molar-refractivity contribution in [2.45, 2.75) is 87.6 Å². The van der Waals surface area contributed by atoms with Gasteiger partial charge in [0.15, 0.2) is 23.2 Å². The number of esters is 2. The van der Waals surface area contributed by atoms with Gasteiger partial charge in [-0.05, 0) is 88.3 Å². The zero-order valence-corrected chi connectivity index (χ0v) is 22.7. The van der Waals surface area contributed by atoms with Crippen molar-refractivity contribution < 1.29 is 47.6 Å².